The Labute approximate surface area is 332 Å². The van der Waals surface area contributed by atoms with E-state index in [1.54, 1.807) is 0 Å². The van der Waals surface area contributed by atoms with Gasteiger partial charge in [0, 0.05) is 38.4 Å². The summed E-state index contributed by atoms with van der Waals surface area (Å²) in [4.78, 5) is 2.47. The number of furan rings is 1. The molecule has 0 radical (unpaired) electrons. The Bertz CT molecular complexity index is 3150. The van der Waals surface area contributed by atoms with Crippen LogP contribution in [0, 0.1) is 0 Å². The number of hydrogen-bond acceptors (Lipinski definition) is 2. The Morgan fingerprint density at radius 1 is 0.404 bits per heavy atom. The molecular weight excluding hydrogens is 691 g/mol. The quantitative estimate of drug-likeness (QED) is 0.169. The van der Waals surface area contributed by atoms with Gasteiger partial charge in [-0.25, -0.2) is 0 Å². The third-order valence-electron chi connectivity index (χ3n) is 12.1. The summed E-state index contributed by atoms with van der Waals surface area (Å²) in [7, 11) is 0. The number of hydrogen-bond donors (Lipinski definition) is 0. The molecule has 0 N–H and O–H groups in total. The maximum atomic E-state index is 6.55. The van der Waals surface area contributed by atoms with Crippen LogP contribution >= 0.6 is 0 Å². The Morgan fingerprint density at radius 3 is 1.88 bits per heavy atom. The summed E-state index contributed by atoms with van der Waals surface area (Å²) in [6, 6.07) is 72.7. The van der Waals surface area contributed by atoms with Crippen molar-refractivity contribution in [2.45, 2.75) is 19.3 Å². The summed E-state index contributed by atoms with van der Waals surface area (Å²) in [5.41, 5.74) is 17.5. The van der Waals surface area contributed by atoms with Crippen LogP contribution in [-0.4, -0.2) is 0 Å². The molecule has 0 saturated carbocycles. The molecule has 0 unspecified atom stereocenters. The number of rotatable bonds is 6. The average molecular weight is 730 g/mol. The molecule has 0 aliphatic heterocycles. The number of nitrogens with zero attached hydrogens (tertiary/aromatic N) is 1. The molecule has 0 saturated heterocycles. The van der Waals surface area contributed by atoms with Crippen molar-refractivity contribution in [3.8, 4) is 44.5 Å². The fourth-order valence-corrected chi connectivity index (χ4v) is 9.23. The zero-order valence-electron chi connectivity index (χ0n) is 31.9. The van der Waals surface area contributed by atoms with Crippen molar-refractivity contribution in [1.82, 2.24) is 0 Å². The molecule has 9 aromatic carbocycles. The smallest absolute Gasteiger partial charge is 0.143 e. The van der Waals surface area contributed by atoms with E-state index < -0.39 is 0 Å². The molecule has 1 heterocycles. The van der Waals surface area contributed by atoms with Crippen LogP contribution in [0.5, 0.6) is 0 Å². The lowest BCUT2D eigenvalue weighted by Gasteiger charge is -2.30. The number of benzene rings is 9. The fraction of sp³-hybridized carbons (Fsp3) is 0.0545. The van der Waals surface area contributed by atoms with E-state index >= 15 is 0 Å². The highest BCUT2D eigenvalue weighted by Gasteiger charge is 2.38. The van der Waals surface area contributed by atoms with Crippen molar-refractivity contribution in [2.24, 2.45) is 0 Å². The summed E-state index contributed by atoms with van der Waals surface area (Å²) in [5.74, 6) is 0. The van der Waals surface area contributed by atoms with Crippen LogP contribution in [0.2, 0.25) is 0 Å². The Balaban J connectivity index is 1.10. The molecule has 1 aliphatic rings. The molecule has 10 aromatic rings. The third-order valence-corrected chi connectivity index (χ3v) is 12.1. The van der Waals surface area contributed by atoms with Gasteiger partial charge < -0.3 is 9.32 Å². The molecular formula is C55H39NO. The highest BCUT2D eigenvalue weighted by molar-refractivity contribution is 6.15. The lowest BCUT2D eigenvalue weighted by molar-refractivity contribution is 0.660. The van der Waals surface area contributed by atoms with E-state index in [1.807, 2.05) is 0 Å². The van der Waals surface area contributed by atoms with Gasteiger partial charge in [-0.3, -0.25) is 0 Å². The Kier molecular flexibility index (Phi) is 7.55. The van der Waals surface area contributed by atoms with Crippen molar-refractivity contribution in [3.05, 3.63) is 211 Å². The molecule has 0 amide bonds. The second-order valence-electron chi connectivity index (χ2n) is 15.7. The van der Waals surface area contributed by atoms with E-state index in [0.717, 1.165) is 55.5 Å². The standard InChI is InChI=1S/C55H39NO/c1-55(2)48-22-10-8-21-46(48)53-49(55)23-13-25-51(53)56(42-30-26-37(27-31-42)40-18-12-17-39(34-40)36-14-4-3-5-15-36)50-24-11-9-19-43(50)41-29-33-52-47(35-41)45-32-28-38-16-6-7-20-44(38)54(45)57-52/h3-35H,1-2H3. The summed E-state index contributed by atoms with van der Waals surface area (Å²) in [5, 5.41) is 4.57. The Morgan fingerprint density at radius 2 is 1.04 bits per heavy atom. The minimum absolute atomic E-state index is 0.127. The van der Waals surface area contributed by atoms with Gasteiger partial charge in [0.1, 0.15) is 11.2 Å². The molecule has 0 spiro atoms. The first-order valence-corrected chi connectivity index (χ1v) is 19.8. The first-order valence-electron chi connectivity index (χ1n) is 19.8. The van der Waals surface area contributed by atoms with E-state index in [4.69, 9.17) is 4.42 Å². The van der Waals surface area contributed by atoms with E-state index in [1.165, 1.54) is 49.9 Å². The first-order chi connectivity index (χ1) is 28.0. The van der Waals surface area contributed by atoms with Crippen LogP contribution in [0.3, 0.4) is 0 Å². The number of fused-ring (bicyclic) bond motifs is 8. The largest absolute Gasteiger partial charge is 0.455 e. The van der Waals surface area contributed by atoms with E-state index in [-0.39, 0.29) is 5.41 Å². The third kappa shape index (κ3) is 5.33. The van der Waals surface area contributed by atoms with Gasteiger partial charge in [-0.15, -0.1) is 0 Å². The molecule has 0 fully saturated rings. The minimum Gasteiger partial charge on any atom is -0.455 e. The van der Waals surface area contributed by atoms with Gasteiger partial charge in [-0.1, -0.05) is 166 Å². The monoisotopic (exact) mass is 729 g/mol. The molecule has 0 bridgehead atoms. The van der Waals surface area contributed by atoms with Crippen LogP contribution in [0.4, 0.5) is 17.1 Å². The number of para-hydroxylation sites is 1. The summed E-state index contributed by atoms with van der Waals surface area (Å²) < 4.78 is 6.55. The molecule has 11 rings (SSSR count). The molecule has 270 valence electrons. The van der Waals surface area contributed by atoms with E-state index in [2.05, 4.69) is 219 Å². The van der Waals surface area contributed by atoms with Crippen LogP contribution in [0.15, 0.2) is 205 Å². The Hall–Kier alpha value is -7.16. The van der Waals surface area contributed by atoms with Crippen molar-refractivity contribution in [2.75, 3.05) is 4.90 Å². The normalized spacial score (nSPS) is 12.9. The predicted molar refractivity (Wildman–Crippen MR) is 240 cm³/mol. The molecule has 2 heteroatoms. The average Bonchev–Trinajstić information content (AvgIpc) is 3.76. The molecule has 0 atom stereocenters. The lowest BCUT2D eigenvalue weighted by Crippen LogP contribution is -2.16. The predicted octanol–water partition coefficient (Wildman–Crippen LogP) is 15.5. The van der Waals surface area contributed by atoms with Gasteiger partial charge in [0.15, 0.2) is 0 Å². The summed E-state index contributed by atoms with van der Waals surface area (Å²) in [6.45, 7) is 4.71. The summed E-state index contributed by atoms with van der Waals surface area (Å²) >= 11 is 0. The molecule has 1 aromatic heterocycles. The van der Waals surface area contributed by atoms with Gasteiger partial charge >= 0.3 is 0 Å². The van der Waals surface area contributed by atoms with E-state index in [9.17, 15) is 0 Å². The van der Waals surface area contributed by atoms with Gasteiger partial charge in [-0.05, 0) is 98.4 Å². The van der Waals surface area contributed by atoms with Crippen LogP contribution < -0.4 is 4.90 Å². The fourth-order valence-electron chi connectivity index (χ4n) is 9.23. The molecule has 2 nitrogen and oxygen atoms in total. The topological polar surface area (TPSA) is 16.4 Å². The second-order valence-corrected chi connectivity index (χ2v) is 15.7. The van der Waals surface area contributed by atoms with Crippen LogP contribution in [-0.2, 0) is 5.41 Å². The zero-order valence-corrected chi connectivity index (χ0v) is 31.9. The van der Waals surface area contributed by atoms with Gasteiger partial charge in [-0.2, -0.15) is 0 Å². The minimum atomic E-state index is -0.127. The van der Waals surface area contributed by atoms with Crippen LogP contribution in [0.25, 0.3) is 77.2 Å². The summed E-state index contributed by atoms with van der Waals surface area (Å²) in [6.07, 6.45) is 0. The maximum Gasteiger partial charge on any atom is 0.143 e. The molecule has 57 heavy (non-hydrogen) atoms. The van der Waals surface area contributed by atoms with Crippen molar-refractivity contribution < 1.29 is 4.42 Å². The maximum absolute atomic E-state index is 6.55. The van der Waals surface area contributed by atoms with E-state index in [0.29, 0.717) is 0 Å². The van der Waals surface area contributed by atoms with Gasteiger partial charge in [0.2, 0.25) is 0 Å². The second kappa shape index (κ2) is 13.0. The van der Waals surface area contributed by atoms with Crippen molar-refractivity contribution in [1.29, 1.82) is 0 Å². The van der Waals surface area contributed by atoms with Crippen molar-refractivity contribution >= 4 is 49.8 Å². The SMILES string of the molecule is CC1(C)c2ccccc2-c2c(N(c3ccc(-c4cccc(-c5ccccc5)c4)cc3)c3ccccc3-c3ccc4oc5c6ccccc6ccc5c4c3)cccc21. The van der Waals surface area contributed by atoms with Crippen LogP contribution in [0.1, 0.15) is 25.0 Å². The van der Waals surface area contributed by atoms with Gasteiger partial charge in [0.25, 0.3) is 0 Å². The first kappa shape index (κ1) is 33.2. The van der Waals surface area contributed by atoms with Crippen molar-refractivity contribution in [3.63, 3.8) is 0 Å². The highest BCUT2D eigenvalue weighted by atomic mass is 16.3. The highest BCUT2D eigenvalue weighted by Crippen LogP contribution is 2.55. The van der Waals surface area contributed by atoms with Gasteiger partial charge in [0.05, 0.1) is 11.4 Å². The number of anilines is 3. The lowest BCUT2D eigenvalue weighted by atomic mass is 9.82. The molecule has 1 aliphatic carbocycles. The zero-order chi connectivity index (χ0) is 38.1.